The second-order valence-electron chi connectivity index (χ2n) is 6.36. The van der Waals surface area contributed by atoms with Crippen LogP contribution in [0.3, 0.4) is 0 Å². The Hall–Kier alpha value is -2.47. The van der Waals surface area contributed by atoms with Crippen LogP contribution in [0.15, 0.2) is 41.9 Å². The standard InChI is InChI=1S/C19H20N4OS/c1-22(19(24)16-11-20-23-10-6-5-9-17(16)23)12-15-13-25-18(21-15)14-7-3-2-4-8-14/h2-4,7-8,11,13H,5-6,9-10,12H2,1H3. The molecule has 0 radical (unpaired) electrons. The first-order chi connectivity index (χ1) is 12.2. The Bertz CT molecular complexity index is 884. The molecular weight excluding hydrogens is 332 g/mol. The fourth-order valence-electron chi connectivity index (χ4n) is 3.21. The van der Waals surface area contributed by atoms with Gasteiger partial charge in [-0.3, -0.25) is 9.48 Å². The van der Waals surface area contributed by atoms with Crippen molar-refractivity contribution in [2.75, 3.05) is 7.05 Å². The fraction of sp³-hybridized carbons (Fsp3) is 0.316. The van der Waals surface area contributed by atoms with Gasteiger partial charge in [0.2, 0.25) is 0 Å². The van der Waals surface area contributed by atoms with E-state index >= 15 is 0 Å². The first-order valence-corrected chi connectivity index (χ1v) is 9.40. The molecule has 0 saturated heterocycles. The molecule has 4 rings (SSSR count). The number of rotatable bonds is 4. The summed E-state index contributed by atoms with van der Waals surface area (Å²) < 4.78 is 1.97. The summed E-state index contributed by atoms with van der Waals surface area (Å²) in [5.41, 5.74) is 3.84. The van der Waals surface area contributed by atoms with Crippen LogP contribution in [0.1, 0.15) is 34.6 Å². The number of hydrogen-bond donors (Lipinski definition) is 0. The molecule has 0 aliphatic carbocycles. The van der Waals surface area contributed by atoms with Crippen LogP contribution in [0.25, 0.3) is 10.6 Å². The molecule has 0 atom stereocenters. The topological polar surface area (TPSA) is 51.0 Å². The lowest BCUT2D eigenvalue weighted by molar-refractivity contribution is 0.0782. The van der Waals surface area contributed by atoms with E-state index in [0.717, 1.165) is 53.3 Å². The Labute approximate surface area is 150 Å². The second-order valence-corrected chi connectivity index (χ2v) is 7.21. The Morgan fingerprint density at radius 2 is 2.12 bits per heavy atom. The van der Waals surface area contributed by atoms with Crippen molar-refractivity contribution in [2.45, 2.75) is 32.4 Å². The van der Waals surface area contributed by atoms with Crippen molar-refractivity contribution in [1.82, 2.24) is 19.7 Å². The zero-order chi connectivity index (χ0) is 17.2. The summed E-state index contributed by atoms with van der Waals surface area (Å²) in [5.74, 6) is 0.0254. The average molecular weight is 352 g/mol. The predicted octanol–water partition coefficient (Wildman–Crippen LogP) is 3.62. The van der Waals surface area contributed by atoms with Gasteiger partial charge in [-0.05, 0) is 19.3 Å². The maximum absolute atomic E-state index is 12.8. The fourth-order valence-corrected chi connectivity index (χ4v) is 4.03. The highest BCUT2D eigenvalue weighted by atomic mass is 32.1. The Morgan fingerprint density at radius 3 is 2.96 bits per heavy atom. The van der Waals surface area contributed by atoms with Crippen LogP contribution < -0.4 is 0 Å². The molecule has 0 fully saturated rings. The van der Waals surface area contributed by atoms with Gasteiger partial charge in [0.05, 0.1) is 29.7 Å². The third kappa shape index (κ3) is 3.22. The monoisotopic (exact) mass is 352 g/mol. The molecule has 1 aliphatic rings. The third-order valence-corrected chi connectivity index (χ3v) is 5.47. The van der Waals surface area contributed by atoms with E-state index in [9.17, 15) is 4.79 Å². The lowest BCUT2D eigenvalue weighted by Crippen LogP contribution is -2.27. The van der Waals surface area contributed by atoms with Gasteiger partial charge < -0.3 is 4.90 Å². The smallest absolute Gasteiger partial charge is 0.257 e. The number of nitrogens with zero attached hydrogens (tertiary/aromatic N) is 4. The first-order valence-electron chi connectivity index (χ1n) is 8.52. The molecule has 5 nitrogen and oxygen atoms in total. The van der Waals surface area contributed by atoms with Gasteiger partial charge in [-0.15, -0.1) is 11.3 Å². The number of thiazole rings is 1. The van der Waals surface area contributed by atoms with Crippen molar-refractivity contribution >= 4 is 17.2 Å². The van der Waals surface area contributed by atoms with Crippen LogP contribution >= 0.6 is 11.3 Å². The van der Waals surface area contributed by atoms with E-state index in [1.165, 1.54) is 0 Å². The van der Waals surface area contributed by atoms with Gasteiger partial charge in [-0.1, -0.05) is 30.3 Å². The summed E-state index contributed by atoms with van der Waals surface area (Å²) in [7, 11) is 1.83. The van der Waals surface area contributed by atoms with Gasteiger partial charge in [0.15, 0.2) is 0 Å². The minimum absolute atomic E-state index is 0.0254. The molecule has 2 aromatic heterocycles. The number of aromatic nitrogens is 3. The Balaban J connectivity index is 1.49. The highest BCUT2D eigenvalue weighted by Gasteiger charge is 2.22. The lowest BCUT2D eigenvalue weighted by atomic mass is 10.1. The number of fused-ring (bicyclic) bond motifs is 1. The van der Waals surface area contributed by atoms with Crippen LogP contribution in [0.2, 0.25) is 0 Å². The maximum Gasteiger partial charge on any atom is 0.257 e. The molecule has 0 unspecified atom stereocenters. The molecule has 1 aromatic carbocycles. The molecule has 3 aromatic rings. The average Bonchev–Trinajstić information content (AvgIpc) is 3.29. The van der Waals surface area contributed by atoms with Crippen molar-refractivity contribution in [3.8, 4) is 10.6 Å². The molecule has 1 amide bonds. The van der Waals surface area contributed by atoms with Crippen molar-refractivity contribution in [1.29, 1.82) is 0 Å². The number of carbonyl (C=O) groups excluding carboxylic acids is 1. The summed E-state index contributed by atoms with van der Waals surface area (Å²) in [6, 6.07) is 10.1. The van der Waals surface area contributed by atoms with Crippen molar-refractivity contribution < 1.29 is 4.79 Å². The van der Waals surface area contributed by atoms with E-state index in [-0.39, 0.29) is 5.91 Å². The van der Waals surface area contributed by atoms with E-state index in [0.29, 0.717) is 6.54 Å². The maximum atomic E-state index is 12.8. The molecule has 6 heteroatoms. The number of aryl methyl sites for hydroxylation is 1. The zero-order valence-corrected chi connectivity index (χ0v) is 15.0. The van der Waals surface area contributed by atoms with E-state index in [1.54, 1.807) is 22.4 Å². The highest BCUT2D eigenvalue weighted by Crippen LogP contribution is 2.24. The van der Waals surface area contributed by atoms with Crippen LogP contribution in [0, 0.1) is 0 Å². The molecule has 25 heavy (non-hydrogen) atoms. The minimum atomic E-state index is 0.0254. The van der Waals surface area contributed by atoms with E-state index in [1.807, 2.05) is 35.3 Å². The van der Waals surface area contributed by atoms with Gasteiger partial charge >= 0.3 is 0 Å². The SMILES string of the molecule is CN(Cc1csc(-c2ccccc2)n1)C(=O)c1cnn2c1CCCC2. The molecule has 3 heterocycles. The normalized spacial score (nSPS) is 13.5. The van der Waals surface area contributed by atoms with Crippen LogP contribution in [0.5, 0.6) is 0 Å². The number of benzene rings is 1. The quantitative estimate of drug-likeness (QED) is 0.721. The number of hydrogen-bond acceptors (Lipinski definition) is 4. The Morgan fingerprint density at radius 1 is 1.28 bits per heavy atom. The summed E-state index contributed by atoms with van der Waals surface area (Å²) in [6.07, 6.45) is 4.92. The summed E-state index contributed by atoms with van der Waals surface area (Å²) in [4.78, 5) is 19.2. The molecule has 0 N–H and O–H groups in total. The highest BCUT2D eigenvalue weighted by molar-refractivity contribution is 7.13. The lowest BCUT2D eigenvalue weighted by Gasteiger charge is -2.18. The van der Waals surface area contributed by atoms with Crippen molar-refractivity contribution in [3.63, 3.8) is 0 Å². The number of carbonyl (C=O) groups is 1. The predicted molar refractivity (Wildman–Crippen MR) is 98.5 cm³/mol. The largest absolute Gasteiger partial charge is 0.336 e. The second kappa shape index (κ2) is 6.80. The molecule has 1 aliphatic heterocycles. The van der Waals surface area contributed by atoms with Gasteiger partial charge in [0.25, 0.3) is 5.91 Å². The molecule has 0 saturated carbocycles. The minimum Gasteiger partial charge on any atom is -0.336 e. The summed E-state index contributed by atoms with van der Waals surface area (Å²) >= 11 is 1.61. The van der Waals surface area contributed by atoms with Crippen LogP contribution in [-0.4, -0.2) is 32.6 Å². The van der Waals surface area contributed by atoms with E-state index in [4.69, 9.17) is 0 Å². The molecular formula is C19H20N4OS. The Kier molecular flexibility index (Phi) is 4.36. The van der Waals surface area contributed by atoms with Crippen molar-refractivity contribution in [3.05, 3.63) is 58.9 Å². The molecule has 0 spiro atoms. The first kappa shape index (κ1) is 16.0. The zero-order valence-electron chi connectivity index (χ0n) is 14.2. The van der Waals surface area contributed by atoms with Gasteiger partial charge in [0.1, 0.15) is 5.01 Å². The number of amides is 1. The van der Waals surface area contributed by atoms with Gasteiger partial charge in [0, 0.05) is 24.5 Å². The van der Waals surface area contributed by atoms with E-state index < -0.39 is 0 Å². The van der Waals surface area contributed by atoms with Crippen LogP contribution in [0.4, 0.5) is 0 Å². The van der Waals surface area contributed by atoms with E-state index in [2.05, 4.69) is 22.2 Å². The van der Waals surface area contributed by atoms with Gasteiger partial charge in [-0.25, -0.2) is 4.98 Å². The molecule has 128 valence electrons. The summed E-state index contributed by atoms with van der Waals surface area (Å²) in [6.45, 7) is 1.42. The third-order valence-electron chi connectivity index (χ3n) is 4.53. The van der Waals surface area contributed by atoms with Crippen molar-refractivity contribution in [2.24, 2.45) is 0 Å². The van der Waals surface area contributed by atoms with Gasteiger partial charge in [-0.2, -0.15) is 5.10 Å². The van der Waals surface area contributed by atoms with Crippen LogP contribution in [-0.2, 0) is 19.5 Å². The summed E-state index contributed by atoms with van der Waals surface area (Å²) in [5, 5.41) is 7.38. The molecule has 0 bridgehead atoms.